The van der Waals surface area contributed by atoms with Crippen molar-refractivity contribution in [3.05, 3.63) is 72.3 Å². The fourth-order valence-electron chi connectivity index (χ4n) is 2.98. The van der Waals surface area contributed by atoms with Gasteiger partial charge < -0.3 is 9.73 Å². The molecule has 6 heteroatoms. The highest BCUT2D eigenvalue weighted by Gasteiger charge is 2.18. The lowest BCUT2D eigenvalue weighted by Crippen LogP contribution is -2.15. The zero-order valence-electron chi connectivity index (χ0n) is 13.9. The molecule has 5 nitrogen and oxygen atoms in total. The Hall–Kier alpha value is -3.12. The van der Waals surface area contributed by atoms with Gasteiger partial charge in [0.2, 0.25) is 0 Å². The fourth-order valence-corrected chi connectivity index (χ4v) is 3.87. The Kier molecular flexibility index (Phi) is 3.77. The number of nitrogens with one attached hydrogen (secondary N) is 1. The Morgan fingerprint density at radius 3 is 2.38 bits per heavy atom. The normalized spacial score (nSPS) is 11.7. The van der Waals surface area contributed by atoms with Crippen molar-refractivity contribution in [2.75, 3.05) is 11.6 Å². The van der Waals surface area contributed by atoms with Crippen molar-refractivity contribution in [3.8, 4) is 0 Å². The summed E-state index contributed by atoms with van der Waals surface area (Å²) in [5, 5.41) is 4.70. The summed E-state index contributed by atoms with van der Waals surface area (Å²) in [6.45, 7) is 0. The van der Waals surface area contributed by atoms with Crippen molar-refractivity contribution < 1.29 is 17.6 Å². The monoisotopic (exact) mass is 365 g/mol. The third kappa shape index (κ3) is 2.84. The Morgan fingerprint density at radius 2 is 1.58 bits per heavy atom. The minimum absolute atomic E-state index is 0.00214. The molecule has 130 valence electrons. The molecule has 0 aliphatic carbocycles. The van der Waals surface area contributed by atoms with E-state index in [-0.39, 0.29) is 10.5 Å². The molecule has 26 heavy (non-hydrogen) atoms. The molecule has 1 amide bonds. The van der Waals surface area contributed by atoms with E-state index in [0.29, 0.717) is 11.3 Å². The van der Waals surface area contributed by atoms with E-state index in [1.54, 1.807) is 24.3 Å². The molecule has 1 N–H and O–H groups in total. The first-order chi connectivity index (χ1) is 12.4. The van der Waals surface area contributed by atoms with E-state index in [1.807, 2.05) is 30.3 Å². The first kappa shape index (κ1) is 16.4. The summed E-state index contributed by atoms with van der Waals surface area (Å²) in [5.41, 5.74) is 2.07. The van der Waals surface area contributed by atoms with Crippen molar-refractivity contribution in [2.45, 2.75) is 4.90 Å². The zero-order chi connectivity index (χ0) is 18.3. The van der Waals surface area contributed by atoms with Gasteiger partial charge >= 0.3 is 0 Å². The molecule has 0 saturated heterocycles. The van der Waals surface area contributed by atoms with Crippen LogP contribution in [0.15, 0.2) is 76.0 Å². The number of hydrogen-bond acceptors (Lipinski definition) is 4. The Balaban J connectivity index is 1.72. The number of rotatable bonds is 3. The van der Waals surface area contributed by atoms with Gasteiger partial charge in [0, 0.05) is 28.8 Å². The number of furan rings is 1. The predicted octanol–water partition coefficient (Wildman–Crippen LogP) is 4.24. The number of carbonyl (C=O) groups is 1. The Bertz CT molecular complexity index is 1260. The standard InChI is InChI=1S/C20H15NO4S/c1-26(23,24)19-9-5-3-7-16(19)20(22)21-13-10-11-15-14-6-2-4-8-17(14)25-18(15)12-13/h2-12H,1H3,(H,21,22). The van der Waals surface area contributed by atoms with Crippen molar-refractivity contribution >= 4 is 43.4 Å². The quantitative estimate of drug-likeness (QED) is 0.589. The van der Waals surface area contributed by atoms with Crippen molar-refractivity contribution in [2.24, 2.45) is 0 Å². The van der Waals surface area contributed by atoms with Crippen LogP contribution in [0.2, 0.25) is 0 Å². The van der Waals surface area contributed by atoms with Crippen LogP contribution in [0.1, 0.15) is 10.4 Å². The van der Waals surface area contributed by atoms with Gasteiger partial charge in [0.1, 0.15) is 11.2 Å². The van der Waals surface area contributed by atoms with Gasteiger partial charge in [0.25, 0.3) is 5.91 Å². The predicted molar refractivity (Wildman–Crippen MR) is 101 cm³/mol. The van der Waals surface area contributed by atoms with E-state index in [2.05, 4.69) is 5.32 Å². The lowest BCUT2D eigenvalue weighted by atomic mass is 10.1. The van der Waals surface area contributed by atoms with Gasteiger partial charge in [-0.3, -0.25) is 4.79 Å². The van der Waals surface area contributed by atoms with Crippen LogP contribution in [0.3, 0.4) is 0 Å². The number of anilines is 1. The van der Waals surface area contributed by atoms with Gasteiger partial charge in [-0.2, -0.15) is 0 Å². The number of sulfone groups is 1. The molecule has 0 aliphatic rings. The van der Waals surface area contributed by atoms with Gasteiger partial charge in [-0.1, -0.05) is 30.3 Å². The van der Waals surface area contributed by atoms with E-state index in [4.69, 9.17) is 4.42 Å². The van der Waals surface area contributed by atoms with Gasteiger partial charge in [0.05, 0.1) is 10.5 Å². The number of fused-ring (bicyclic) bond motifs is 3. The first-order valence-corrected chi connectivity index (χ1v) is 9.84. The summed E-state index contributed by atoms with van der Waals surface area (Å²) < 4.78 is 29.6. The van der Waals surface area contributed by atoms with Gasteiger partial charge in [-0.15, -0.1) is 0 Å². The fraction of sp³-hybridized carbons (Fsp3) is 0.0500. The first-order valence-electron chi connectivity index (χ1n) is 7.95. The highest BCUT2D eigenvalue weighted by atomic mass is 32.2. The van der Waals surface area contributed by atoms with Crippen molar-refractivity contribution in [1.82, 2.24) is 0 Å². The zero-order valence-corrected chi connectivity index (χ0v) is 14.7. The largest absolute Gasteiger partial charge is 0.456 e. The van der Waals surface area contributed by atoms with Crippen LogP contribution >= 0.6 is 0 Å². The van der Waals surface area contributed by atoms with Crippen LogP contribution in [-0.2, 0) is 9.84 Å². The van der Waals surface area contributed by atoms with Crippen LogP contribution in [0.5, 0.6) is 0 Å². The summed E-state index contributed by atoms with van der Waals surface area (Å²) >= 11 is 0. The van der Waals surface area contributed by atoms with Crippen LogP contribution in [0.4, 0.5) is 5.69 Å². The van der Waals surface area contributed by atoms with Crippen LogP contribution in [-0.4, -0.2) is 20.6 Å². The maximum Gasteiger partial charge on any atom is 0.256 e. The molecule has 4 aromatic rings. The second kappa shape index (κ2) is 6.00. The number of para-hydroxylation sites is 1. The topological polar surface area (TPSA) is 76.4 Å². The highest BCUT2D eigenvalue weighted by molar-refractivity contribution is 7.90. The molecule has 0 bridgehead atoms. The minimum Gasteiger partial charge on any atom is -0.456 e. The molecule has 0 atom stereocenters. The van der Waals surface area contributed by atoms with Gasteiger partial charge in [0.15, 0.2) is 9.84 Å². The second-order valence-electron chi connectivity index (χ2n) is 6.03. The van der Waals surface area contributed by atoms with Crippen LogP contribution < -0.4 is 5.32 Å². The summed E-state index contributed by atoms with van der Waals surface area (Å²) in [7, 11) is -3.50. The molecule has 0 fully saturated rings. The van der Waals surface area contributed by atoms with Crippen molar-refractivity contribution in [3.63, 3.8) is 0 Å². The molecular formula is C20H15NO4S. The molecule has 1 heterocycles. The molecule has 0 aliphatic heterocycles. The number of carbonyl (C=O) groups excluding carboxylic acids is 1. The number of hydrogen-bond donors (Lipinski definition) is 1. The average molecular weight is 365 g/mol. The van der Waals surface area contributed by atoms with E-state index in [1.165, 1.54) is 12.1 Å². The molecule has 0 unspecified atom stereocenters. The van der Waals surface area contributed by atoms with Crippen molar-refractivity contribution in [1.29, 1.82) is 0 Å². The highest BCUT2D eigenvalue weighted by Crippen LogP contribution is 2.30. The van der Waals surface area contributed by atoms with Gasteiger partial charge in [-0.05, 0) is 30.3 Å². The maximum atomic E-state index is 12.6. The van der Waals surface area contributed by atoms with E-state index in [9.17, 15) is 13.2 Å². The van der Waals surface area contributed by atoms with E-state index < -0.39 is 15.7 Å². The van der Waals surface area contributed by atoms with Gasteiger partial charge in [-0.25, -0.2) is 8.42 Å². The van der Waals surface area contributed by atoms with E-state index in [0.717, 1.165) is 22.6 Å². The smallest absolute Gasteiger partial charge is 0.256 e. The molecular weight excluding hydrogens is 350 g/mol. The SMILES string of the molecule is CS(=O)(=O)c1ccccc1C(=O)Nc1ccc2c(c1)oc1ccccc12. The Labute approximate surface area is 150 Å². The van der Waals surface area contributed by atoms with Crippen LogP contribution in [0, 0.1) is 0 Å². The second-order valence-corrected chi connectivity index (χ2v) is 8.02. The number of benzene rings is 3. The molecule has 0 saturated carbocycles. The average Bonchev–Trinajstić information content (AvgIpc) is 2.98. The number of amides is 1. The van der Waals surface area contributed by atoms with E-state index >= 15 is 0 Å². The Morgan fingerprint density at radius 1 is 0.885 bits per heavy atom. The molecule has 4 rings (SSSR count). The third-order valence-electron chi connectivity index (χ3n) is 4.17. The molecule has 1 aromatic heterocycles. The lowest BCUT2D eigenvalue weighted by molar-refractivity contribution is 0.102. The summed E-state index contributed by atoms with van der Waals surface area (Å²) in [6, 6.07) is 19.2. The summed E-state index contributed by atoms with van der Waals surface area (Å²) in [4.78, 5) is 12.6. The maximum absolute atomic E-state index is 12.6. The molecule has 0 radical (unpaired) electrons. The third-order valence-corrected chi connectivity index (χ3v) is 5.32. The summed E-state index contributed by atoms with van der Waals surface area (Å²) in [5.74, 6) is -0.485. The molecule has 0 spiro atoms. The molecule has 3 aromatic carbocycles. The minimum atomic E-state index is -3.50. The lowest BCUT2D eigenvalue weighted by Gasteiger charge is -2.09. The summed E-state index contributed by atoms with van der Waals surface area (Å²) in [6.07, 6.45) is 1.08. The van der Waals surface area contributed by atoms with Crippen LogP contribution in [0.25, 0.3) is 21.9 Å².